The highest BCUT2D eigenvalue weighted by atomic mass is 29.2. The summed E-state index contributed by atoms with van der Waals surface area (Å²) < 4.78 is 0. The van der Waals surface area contributed by atoms with E-state index in [0.29, 0.717) is 0 Å². The van der Waals surface area contributed by atoms with Crippen molar-refractivity contribution in [1.82, 2.24) is 0 Å². The molecule has 3 heteroatoms. The molecule has 0 saturated heterocycles. The first-order valence-electron chi connectivity index (χ1n) is 6.77. The van der Waals surface area contributed by atoms with Crippen LogP contribution in [0.1, 0.15) is 0 Å². The van der Waals surface area contributed by atoms with E-state index in [0.717, 1.165) is 0 Å². The fraction of sp³-hybridized carbons (Fsp3) is 0.571. The van der Waals surface area contributed by atoms with Crippen molar-refractivity contribution in [3.8, 4) is 0 Å². The average molecular weight is 281 g/mol. The molecule has 0 N–H and O–H groups in total. The van der Waals surface area contributed by atoms with Crippen molar-refractivity contribution < 1.29 is 0 Å². The van der Waals surface area contributed by atoms with E-state index in [1.165, 1.54) is 6.04 Å². The van der Waals surface area contributed by atoms with Gasteiger partial charge in [-0.25, -0.2) is 0 Å². The Balaban J connectivity index is 2.70. The molecule has 0 amide bonds. The van der Waals surface area contributed by atoms with Gasteiger partial charge in [-0.15, -0.1) is 0 Å². The third-order valence-electron chi connectivity index (χ3n) is 3.99. The molecule has 0 nitrogen and oxygen atoms in total. The van der Waals surface area contributed by atoms with Crippen molar-refractivity contribution in [3.05, 3.63) is 30.3 Å². The minimum atomic E-state index is -0.984. The van der Waals surface area contributed by atoms with E-state index in [-0.39, 0.29) is 0 Å². The molecule has 0 spiro atoms. The van der Waals surface area contributed by atoms with Gasteiger partial charge in [-0.2, -0.15) is 0 Å². The van der Waals surface area contributed by atoms with Crippen molar-refractivity contribution in [2.45, 2.75) is 51.4 Å². The number of hydrogen-bond acceptors (Lipinski definition) is 0. The van der Waals surface area contributed by atoms with Gasteiger partial charge >= 0.3 is 0 Å². The van der Waals surface area contributed by atoms with Crippen molar-refractivity contribution in [1.29, 1.82) is 0 Å². The molecule has 0 aliphatic carbocycles. The molecule has 0 heterocycles. The third kappa shape index (κ3) is 4.94. The highest BCUT2D eigenvalue weighted by Gasteiger charge is 2.31. The van der Waals surface area contributed by atoms with Gasteiger partial charge in [0.15, 0.2) is 0 Å². The maximum absolute atomic E-state index is 2.62. The summed E-state index contributed by atoms with van der Waals surface area (Å²) in [7, 11) is -2.54. The fourth-order valence-corrected chi connectivity index (χ4v) is 15.7. The van der Waals surface area contributed by atoms with Crippen LogP contribution in [-0.2, 0) is 0 Å². The van der Waals surface area contributed by atoms with Crippen molar-refractivity contribution in [2.75, 3.05) is 0 Å². The molecular weight excluding hydrogens is 252 g/mol. The van der Waals surface area contributed by atoms with Crippen LogP contribution in [0.2, 0.25) is 51.4 Å². The normalized spacial score (nSPS) is 14.7. The Hall–Kier alpha value is -0.129. The van der Waals surface area contributed by atoms with E-state index in [4.69, 9.17) is 0 Å². The van der Waals surface area contributed by atoms with Gasteiger partial charge in [-0.05, 0) is 0 Å². The van der Waals surface area contributed by atoms with E-state index in [2.05, 4.69) is 69.6 Å². The van der Waals surface area contributed by atoms with Crippen LogP contribution in [-0.4, -0.2) is 24.0 Å². The van der Waals surface area contributed by atoms with Crippen molar-refractivity contribution in [3.63, 3.8) is 0 Å². The Kier molecular flexibility index (Phi) is 4.98. The van der Waals surface area contributed by atoms with Crippen LogP contribution in [0.4, 0.5) is 0 Å². The summed E-state index contributed by atoms with van der Waals surface area (Å²) >= 11 is 0. The predicted octanol–water partition coefficient (Wildman–Crippen LogP) is 3.88. The molecule has 0 bridgehead atoms. The lowest BCUT2D eigenvalue weighted by Crippen LogP contribution is -2.52. The molecule has 0 aliphatic heterocycles. The highest BCUT2D eigenvalue weighted by molar-refractivity contribution is 7.36. The largest absolute Gasteiger partial charge is 0.0712 e. The zero-order valence-corrected chi connectivity index (χ0v) is 15.5. The van der Waals surface area contributed by atoms with Crippen LogP contribution in [0, 0.1) is 0 Å². The molecule has 1 unspecified atom stereocenters. The lowest BCUT2D eigenvalue weighted by Gasteiger charge is -2.31. The molecule has 96 valence electrons. The van der Waals surface area contributed by atoms with Crippen LogP contribution in [0.15, 0.2) is 30.3 Å². The van der Waals surface area contributed by atoms with Crippen molar-refractivity contribution >= 4 is 29.2 Å². The molecule has 0 radical (unpaired) electrons. The Bertz CT molecular complexity index is 338. The van der Waals surface area contributed by atoms with Gasteiger partial charge in [-0.1, -0.05) is 86.9 Å². The van der Waals surface area contributed by atoms with Gasteiger partial charge in [0, 0.05) is 15.7 Å². The first-order valence-corrected chi connectivity index (χ1v) is 17.2. The van der Waals surface area contributed by atoms with Gasteiger partial charge < -0.3 is 0 Å². The summed E-state index contributed by atoms with van der Waals surface area (Å²) in [5, 5.41) is 1.68. The minimum absolute atomic E-state index is 0.698. The molecule has 1 aromatic rings. The van der Waals surface area contributed by atoms with E-state index >= 15 is 0 Å². The lowest BCUT2D eigenvalue weighted by atomic mass is 10.4. The summed E-state index contributed by atoms with van der Waals surface area (Å²) in [4.78, 5) is 0. The topological polar surface area (TPSA) is 0 Å². The zero-order chi connectivity index (χ0) is 13.1. The first-order chi connectivity index (χ1) is 7.72. The summed E-state index contributed by atoms with van der Waals surface area (Å²) in [6, 6.07) is 14.4. The molecule has 1 rings (SSSR count). The third-order valence-corrected chi connectivity index (χ3v) is 20.4. The van der Waals surface area contributed by atoms with Gasteiger partial charge in [0.2, 0.25) is 0 Å². The summed E-state index contributed by atoms with van der Waals surface area (Å²) in [6.07, 6.45) is 0. The molecule has 1 aromatic carbocycles. The molecular formula is C14H28Si3. The summed E-state index contributed by atoms with van der Waals surface area (Å²) in [5.74, 6) is 0. The van der Waals surface area contributed by atoms with Crippen LogP contribution in [0.25, 0.3) is 0 Å². The van der Waals surface area contributed by atoms with Gasteiger partial charge in [0.05, 0.1) is 8.31 Å². The Morgan fingerprint density at radius 2 is 1.41 bits per heavy atom. The summed E-state index contributed by atoms with van der Waals surface area (Å²) in [6.45, 7) is 15.3. The van der Waals surface area contributed by atoms with Gasteiger partial charge in [0.25, 0.3) is 0 Å². The lowest BCUT2D eigenvalue weighted by molar-refractivity contribution is 1.29. The number of benzene rings is 1. The number of hydrogen-bond donors (Lipinski definition) is 0. The summed E-state index contributed by atoms with van der Waals surface area (Å²) in [5.41, 5.74) is 0. The van der Waals surface area contributed by atoms with Crippen LogP contribution in [0.5, 0.6) is 0 Å². The Labute approximate surface area is 111 Å². The van der Waals surface area contributed by atoms with Gasteiger partial charge in [-0.3, -0.25) is 0 Å². The van der Waals surface area contributed by atoms with Crippen LogP contribution in [0.3, 0.4) is 0 Å². The maximum atomic E-state index is 2.62. The van der Waals surface area contributed by atoms with Crippen molar-refractivity contribution in [2.24, 2.45) is 0 Å². The second kappa shape index (κ2) is 5.67. The SMILES string of the molecule is C[SiH](c1ccccc1)[Si](C)(C)CC[Si](C)(C)C. The molecule has 0 saturated carbocycles. The maximum Gasteiger partial charge on any atom is 0.0617 e. The average Bonchev–Trinajstić information content (AvgIpc) is 2.26. The molecule has 0 aliphatic rings. The first kappa shape index (κ1) is 14.9. The second-order valence-corrected chi connectivity index (χ2v) is 26.7. The highest BCUT2D eigenvalue weighted by Crippen LogP contribution is 2.22. The smallest absolute Gasteiger partial charge is 0.0617 e. The zero-order valence-electron chi connectivity index (χ0n) is 12.4. The minimum Gasteiger partial charge on any atom is -0.0712 e. The fourth-order valence-electron chi connectivity index (χ4n) is 2.11. The van der Waals surface area contributed by atoms with E-state index < -0.39 is 24.0 Å². The van der Waals surface area contributed by atoms with E-state index in [1.54, 1.807) is 11.2 Å². The molecule has 1 atom stereocenters. The molecule has 0 fully saturated rings. The van der Waals surface area contributed by atoms with Gasteiger partial charge in [0.1, 0.15) is 0 Å². The molecule has 17 heavy (non-hydrogen) atoms. The van der Waals surface area contributed by atoms with E-state index in [9.17, 15) is 0 Å². The Morgan fingerprint density at radius 3 is 1.88 bits per heavy atom. The predicted molar refractivity (Wildman–Crippen MR) is 89.5 cm³/mol. The standard InChI is InChI=1S/C14H28Si3/c1-15(14-10-8-7-9-11-14)17(5,6)13-12-16(2,3)4/h7-11,15H,12-13H2,1-6H3. The van der Waals surface area contributed by atoms with E-state index in [1.807, 2.05) is 0 Å². The quantitative estimate of drug-likeness (QED) is 0.718. The monoisotopic (exact) mass is 280 g/mol. The van der Waals surface area contributed by atoms with Crippen LogP contribution < -0.4 is 5.19 Å². The second-order valence-electron chi connectivity index (χ2n) is 7.18. The molecule has 0 aromatic heterocycles. The number of rotatable bonds is 5. The Morgan fingerprint density at radius 1 is 0.882 bits per heavy atom. The van der Waals surface area contributed by atoms with Crippen LogP contribution >= 0.6 is 0 Å².